The minimum atomic E-state index is -0.289. The second kappa shape index (κ2) is 7.52. The third-order valence-electron chi connectivity index (χ3n) is 4.38. The van der Waals surface area contributed by atoms with Crippen LogP contribution in [0.1, 0.15) is 56.4 Å². The number of rotatable bonds is 6. The summed E-state index contributed by atoms with van der Waals surface area (Å²) in [5.41, 5.74) is 9.27. The van der Waals surface area contributed by atoms with E-state index < -0.39 is 0 Å². The van der Waals surface area contributed by atoms with Crippen LogP contribution in [0.15, 0.2) is 35.7 Å². The van der Waals surface area contributed by atoms with Gasteiger partial charge in [0, 0.05) is 11.3 Å². The molecule has 1 aromatic carbocycles. The maximum atomic E-state index is 9.67. The number of hydrogen-bond acceptors (Lipinski definition) is 5. The summed E-state index contributed by atoms with van der Waals surface area (Å²) in [5, 5.41) is 17.0. The van der Waals surface area contributed by atoms with Gasteiger partial charge in [0.15, 0.2) is 0 Å². The molecular weight excluding hydrogens is 328 g/mol. The number of H-pyrrole nitrogens is 1. The quantitative estimate of drug-likeness (QED) is 0.825. The van der Waals surface area contributed by atoms with E-state index in [0.29, 0.717) is 11.5 Å². The van der Waals surface area contributed by atoms with Gasteiger partial charge >= 0.3 is 0 Å². The second-order valence-electron chi connectivity index (χ2n) is 6.68. The van der Waals surface area contributed by atoms with E-state index in [0.717, 1.165) is 41.8 Å². The fourth-order valence-electron chi connectivity index (χ4n) is 3.20. The Bertz CT molecular complexity index is 844. The van der Waals surface area contributed by atoms with Gasteiger partial charge in [0.2, 0.25) is 11.8 Å². The molecule has 6 nitrogen and oxygen atoms in total. The van der Waals surface area contributed by atoms with E-state index in [9.17, 15) is 5.26 Å². The van der Waals surface area contributed by atoms with E-state index in [2.05, 4.69) is 23.2 Å². The molecule has 2 aromatic rings. The zero-order valence-electron chi connectivity index (χ0n) is 15.4. The number of aromatic nitrogens is 2. The molecule has 0 bridgehead atoms. The first-order valence-corrected chi connectivity index (χ1v) is 8.96. The molecule has 2 heterocycles. The normalized spacial score (nSPS) is 16.2. The molecule has 6 heteroatoms. The first-order chi connectivity index (χ1) is 12.5. The Hall–Kier alpha value is -2.94. The minimum absolute atomic E-state index is 0.107. The number of nitrogens with zero attached hydrogens (tertiary/aromatic N) is 2. The van der Waals surface area contributed by atoms with Gasteiger partial charge in [0.05, 0.1) is 12.0 Å². The van der Waals surface area contributed by atoms with Crippen LogP contribution in [-0.2, 0) is 6.42 Å². The van der Waals surface area contributed by atoms with Crippen LogP contribution in [0.25, 0.3) is 0 Å². The van der Waals surface area contributed by atoms with Gasteiger partial charge < -0.3 is 15.2 Å². The molecule has 1 atom stereocenters. The van der Waals surface area contributed by atoms with Crippen molar-refractivity contribution in [3.8, 4) is 17.7 Å². The number of hydrogen-bond donors (Lipinski definition) is 2. The zero-order chi connectivity index (χ0) is 18.7. The Morgan fingerprint density at radius 2 is 2.08 bits per heavy atom. The zero-order valence-corrected chi connectivity index (χ0v) is 15.4. The van der Waals surface area contributed by atoms with Crippen LogP contribution in [0.4, 0.5) is 0 Å². The number of nitrogens with one attached hydrogen (secondary N) is 1. The Kier molecular flexibility index (Phi) is 5.17. The lowest BCUT2D eigenvalue weighted by molar-refractivity contribution is 0.242. The van der Waals surface area contributed by atoms with E-state index in [1.807, 2.05) is 38.1 Å². The smallest absolute Gasteiger partial charge is 0.244 e. The first-order valence-electron chi connectivity index (χ1n) is 8.96. The van der Waals surface area contributed by atoms with Crippen molar-refractivity contribution in [1.82, 2.24) is 10.2 Å². The molecule has 0 saturated heterocycles. The van der Waals surface area contributed by atoms with Gasteiger partial charge in [-0.05, 0) is 44.4 Å². The molecule has 0 fully saturated rings. The van der Waals surface area contributed by atoms with Crippen LogP contribution < -0.4 is 15.2 Å². The summed E-state index contributed by atoms with van der Waals surface area (Å²) in [4.78, 5) is 0. The van der Waals surface area contributed by atoms with Crippen LogP contribution >= 0.6 is 0 Å². The SMILES string of the molecule is CCCCc1[nH]nc2c1C(c1ccc(OC(C)C)cc1)C(C#N)=C(N)O2. The minimum Gasteiger partial charge on any atom is -0.491 e. The number of ether oxygens (including phenoxy) is 2. The van der Waals surface area contributed by atoms with Gasteiger partial charge in [0.25, 0.3) is 0 Å². The lowest BCUT2D eigenvalue weighted by Crippen LogP contribution is -2.21. The third kappa shape index (κ3) is 3.38. The van der Waals surface area contributed by atoms with Crippen molar-refractivity contribution in [2.24, 2.45) is 5.73 Å². The lowest BCUT2D eigenvalue weighted by atomic mass is 9.83. The van der Waals surface area contributed by atoms with Crippen molar-refractivity contribution in [2.45, 2.75) is 52.1 Å². The van der Waals surface area contributed by atoms with E-state index in [1.54, 1.807) is 0 Å². The van der Waals surface area contributed by atoms with E-state index in [4.69, 9.17) is 15.2 Å². The molecule has 0 spiro atoms. The maximum absolute atomic E-state index is 9.67. The number of unbranched alkanes of at least 4 members (excludes halogenated alkanes) is 1. The highest BCUT2D eigenvalue weighted by Gasteiger charge is 2.34. The fourth-order valence-corrected chi connectivity index (χ4v) is 3.20. The number of aryl methyl sites for hydroxylation is 1. The van der Waals surface area contributed by atoms with Crippen molar-refractivity contribution < 1.29 is 9.47 Å². The standard InChI is InChI=1S/C20H24N4O2/c1-4-5-6-16-18-17(13-7-9-14(10-8-13)25-12(2)3)15(11-21)19(22)26-20(18)24-23-16/h7-10,12,17H,4-6,22H2,1-3H3,(H,23,24). The summed E-state index contributed by atoms with van der Waals surface area (Å²) in [5.74, 6) is 1.08. The monoisotopic (exact) mass is 352 g/mol. The predicted molar refractivity (Wildman–Crippen MR) is 98.7 cm³/mol. The molecule has 1 unspecified atom stereocenters. The van der Waals surface area contributed by atoms with Crippen molar-refractivity contribution in [3.05, 3.63) is 52.5 Å². The van der Waals surface area contributed by atoms with Crippen LogP contribution in [0.2, 0.25) is 0 Å². The molecule has 0 saturated carbocycles. The number of nitriles is 1. The topological polar surface area (TPSA) is 97.0 Å². The molecule has 3 rings (SSSR count). The molecule has 0 radical (unpaired) electrons. The molecule has 3 N–H and O–H groups in total. The summed E-state index contributed by atoms with van der Waals surface area (Å²) < 4.78 is 11.3. The van der Waals surface area contributed by atoms with E-state index in [1.165, 1.54) is 0 Å². The second-order valence-corrected chi connectivity index (χ2v) is 6.68. The lowest BCUT2D eigenvalue weighted by Gasteiger charge is -2.24. The highest BCUT2D eigenvalue weighted by atomic mass is 16.5. The molecule has 1 aromatic heterocycles. The summed E-state index contributed by atoms with van der Waals surface area (Å²) in [7, 11) is 0. The van der Waals surface area contributed by atoms with Crippen LogP contribution in [0, 0.1) is 11.3 Å². The molecule has 1 aliphatic rings. The predicted octanol–water partition coefficient (Wildman–Crippen LogP) is 3.76. The van der Waals surface area contributed by atoms with E-state index >= 15 is 0 Å². The summed E-state index contributed by atoms with van der Waals surface area (Å²) in [6.07, 6.45) is 3.06. The number of allylic oxidation sites excluding steroid dienone is 1. The highest BCUT2D eigenvalue weighted by molar-refractivity contribution is 5.55. The van der Waals surface area contributed by atoms with Gasteiger partial charge in [-0.1, -0.05) is 25.5 Å². The molecule has 136 valence electrons. The largest absolute Gasteiger partial charge is 0.491 e. The Morgan fingerprint density at radius 3 is 2.69 bits per heavy atom. The number of aromatic amines is 1. The third-order valence-corrected chi connectivity index (χ3v) is 4.38. The van der Waals surface area contributed by atoms with Crippen molar-refractivity contribution in [1.29, 1.82) is 5.26 Å². The highest BCUT2D eigenvalue weighted by Crippen LogP contribution is 2.43. The van der Waals surface area contributed by atoms with Crippen molar-refractivity contribution in [2.75, 3.05) is 0 Å². The summed E-state index contributed by atoms with van der Waals surface area (Å²) in [6.45, 7) is 6.12. The fraction of sp³-hybridized carbons (Fsp3) is 0.400. The summed E-state index contributed by atoms with van der Waals surface area (Å²) in [6, 6.07) is 10.00. The molecule has 0 aliphatic carbocycles. The molecule has 26 heavy (non-hydrogen) atoms. The first kappa shape index (κ1) is 17.9. The number of fused-ring (bicyclic) bond motifs is 1. The molecular formula is C20H24N4O2. The average molecular weight is 352 g/mol. The van der Waals surface area contributed by atoms with Crippen molar-refractivity contribution in [3.63, 3.8) is 0 Å². The molecule has 1 aliphatic heterocycles. The maximum Gasteiger partial charge on any atom is 0.244 e. The number of nitrogens with two attached hydrogens (primary N) is 1. The Balaban J connectivity index is 2.04. The Labute approximate surface area is 153 Å². The van der Waals surface area contributed by atoms with Crippen molar-refractivity contribution >= 4 is 0 Å². The van der Waals surface area contributed by atoms with Gasteiger partial charge in [-0.15, -0.1) is 5.10 Å². The molecule has 0 amide bonds. The van der Waals surface area contributed by atoms with Crippen LogP contribution in [0.5, 0.6) is 11.6 Å². The summed E-state index contributed by atoms with van der Waals surface area (Å²) >= 11 is 0. The average Bonchev–Trinajstić information content (AvgIpc) is 3.01. The van der Waals surface area contributed by atoms with Crippen LogP contribution in [0.3, 0.4) is 0 Å². The van der Waals surface area contributed by atoms with Gasteiger partial charge in [0.1, 0.15) is 17.4 Å². The Morgan fingerprint density at radius 1 is 1.35 bits per heavy atom. The number of benzene rings is 1. The van der Waals surface area contributed by atoms with Gasteiger partial charge in [-0.3, -0.25) is 5.10 Å². The van der Waals surface area contributed by atoms with E-state index in [-0.39, 0.29) is 17.9 Å². The van der Waals surface area contributed by atoms with Gasteiger partial charge in [-0.25, -0.2) is 0 Å². The van der Waals surface area contributed by atoms with Gasteiger partial charge in [-0.2, -0.15) is 5.26 Å². The van der Waals surface area contributed by atoms with Crippen LogP contribution in [-0.4, -0.2) is 16.3 Å².